The normalized spacial score (nSPS) is 25.6. The second-order valence-electron chi connectivity index (χ2n) is 19.0. The summed E-state index contributed by atoms with van der Waals surface area (Å²) >= 11 is 0. The van der Waals surface area contributed by atoms with Crippen molar-refractivity contribution in [2.45, 2.75) is 223 Å². The van der Waals surface area contributed by atoms with E-state index in [1.807, 2.05) is 0 Å². The number of aliphatic hydroxyl groups is 7. The fraction of sp³-hybridized carbons (Fsp3) is 0.656. The molecule has 426 valence electrons. The zero-order valence-electron chi connectivity index (χ0n) is 45.5. The molecule has 2 saturated heterocycles. The molecule has 7 N–H and O–H groups in total. The monoisotopic (exact) mass is 1050 g/mol. The van der Waals surface area contributed by atoms with E-state index in [2.05, 4.69) is 135 Å². The quantitative estimate of drug-likeness (QED) is 0.0172. The van der Waals surface area contributed by atoms with Crippen LogP contribution in [0.2, 0.25) is 0 Å². The van der Waals surface area contributed by atoms with Crippen LogP contribution in [-0.4, -0.2) is 142 Å². The summed E-state index contributed by atoms with van der Waals surface area (Å²) in [6, 6.07) is 0. The zero-order chi connectivity index (χ0) is 54.4. The Balaban J connectivity index is 1.75. The number of carbonyl (C=O) groups is 1. The van der Waals surface area contributed by atoms with Crippen molar-refractivity contribution in [3.05, 3.63) is 122 Å². The average Bonchev–Trinajstić information content (AvgIpc) is 3.41. The molecule has 0 spiro atoms. The van der Waals surface area contributed by atoms with Gasteiger partial charge in [0.2, 0.25) is 0 Å². The van der Waals surface area contributed by atoms with Crippen molar-refractivity contribution < 1.29 is 69.0 Å². The lowest BCUT2D eigenvalue weighted by Crippen LogP contribution is -2.61. The number of ether oxygens (including phenoxy) is 6. The summed E-state index contributed by atoms with van der Waals surface area (Å²) in [5, 5.41) is 72.3. The second-order valence-corrected chi connectivity index (χ2v) is 19.0. The van der Waals surface area contributed by atoms with E-state index in [1.165, 1.54) is 0 Å². The van der Waals surface area contributed by atoms with E-state index in [4.69, 9.17) is 28.4 Å². The Labute approximate surface area is 450 Å². The number of unbranched alkanes of at least 4 members (excludes halogenated alkanes) is 9. The van der Waals surface area contributed by atoms with Gasteiger partial charge in [-0.2, -0.15) is 0 Å². The summed E-state index contributed by atoms with van der Waals surface area (Å²) in [7, 11) is 0. The van der Waals surface area contributed by atoms with Crippen molar-refractivity contribution in [3.8, 4) is 0 Å². The van der Waals surface area contributed by atoms with Gasteiger partial charge in [-0.3, -0.25) is 4.79 Å². The van der Waals surface area contributed by atoms with Gasteiger partial charge in [-0.1, -0.05) is 167 Å². The van der Waals surface area contributed by atoms with Crippen LogP contribution in [0.25, 0.3) is 0 Å². The molecule has 14 heteroatoms. The van der Waals surface area contributed by atoms with Gasteiger partial charge in [0.25, 0.3) is 0 Å². The van der Waals surface area contributed by atoms with Crippen molar-refractivity contribution in [3.63, 3.8) is 0 Å². The van der Waals surface area contributed by atoms with Crippen LogP contribution in [0.3, 0.4) is 0 Å². The highest BCUT2D eigenvalue weighted by atomic mass is 16.7. The molecule has 11 unspecified atom stereocenters. The molecule has 11 atom stereocenters. The van der Waals surface area contributed by atoms with Gasteiger partial charge in [0.05, 0.1) is 26.4 Å². The van der Waals surface area contributed by atoms with E-state index >= 15 is 0 Å². The number of carbonyl (C=O) groups excluding carboxylic acids is 1. The SMILES string of the molecule is CC/C=C\C/C=C\C/C=C\C/C=C\C/C=C\C/C=C\CCCCCCCCC(=O)OC(COCCCCC/C=C\C/C=C\C/C=C\C/C=C\CC)COC1OC(COC2OC(CO)C(O)C(O)C2O)C(O)C(O)C1O. The molecule has 2 heterocycles. The summed E-state index contributed by atoms with van der Waals surface area (Å²) in [5.74, 6) is -0.408. The number of allylic oxidation sites excluding steroid dienone is 20. The maximum atomic E-state index is 13.1. The Hall–Kier alpha value is -3.61. The summed E-state index contributed by atoms with van der Waals surface area (Å²) in [6.45, 7) is 3.33. The van der Waals surface area contributed by atoms with Gasteiger partial charge in [-0.05, 0) is 103 Å². The third-order valence-electron chi connectivity index (χ3n) is 12.5. The van der Waals surface area contributed by atoms with Crippen LogP contribution < -0.4 is 0 Å². The van der Waals surface area contributed by atoms with Gasteiger partial charge in [0.15, 0.2) is 12.6 Å². The van der Waals surface area contributed by atoms with Gasteiger partial charge in [0.1, 0.15) is 54.9 Å². The number of esters is 1. The van der Waals surface area contributed by atoms with Crippen LogP contribution in [-0.2, 0) is 33.2 Å². The van der Waals surface area contributed by atoms with Gasteiger partial charge in [0, 0.05) is 13.0 Å². The van der Waals surface area contributed by atoms with Crippen molar-refractivity contribution in [1.29, 1.82) is 0 Å². The fourth-order valence-electron chi connectivity index (χ4n) is 7.98. The Morgan fingerprint density at radius 2 is 0.827 bits per heavy atom. The predicted octanol–water partition coefficient (Wildman–Crippen LogP) is 9.74. The van der Waals surface area contributed by atoms with Gasteiger partial charge < -0.3 is 64.2 Å². The highest BCUT2D eigenvalue weighted by Crippen LogP contribution is 2.26. The molecule has 0 aromatic carbocycles. The van der Waals surface area contributed by atoms with Crippen molar-refractivity contribution >= 4 is 5.97 Å². The van der Waals surface area contributed by atoms with Crippen molar-refractivity contribution in [2.75, 3.05) is 33.0 Å². The number of aliphatic hydroxyl groups excluding tert-OH is 7. The molecule has 0 saturated carbocycles. The summed E-state index contributed by atoms with van der Waals surface area (Å²) in [4.78, 5) is 13.1. The number of hydrogen-bond donors (Lipinski definition) is 7. The molecule has 2 fully saturated rings. The van der Waals surface area contributed by atoms with E-state index in [0.29, 0.717) is 13.0 Å². The van der Waals surface area contributed by atoms with E-state index in [1.54, 1.807) is 0 Å². The lowest BCUT2D eigenvalue weighted by molar-refractivity contribution is -0.332. The number of rotatable bonds is 43. The van der Waals surface area contributed by atoms with Crippen LogP contribution in [0.15, 0.2) is 122 Å². The molecule has 0 aliphatic carbocycles. The molecule has 0 bridgehead atoms. The Bertz CT molecular complexity index is 1700. The van der Waals surface area contributed by atoms with Gasteiger partial charge in [-0.25, -0.2) is 0 Å². The third-order valence-corrected chi connectivity index (χ3v) is 12.5. The van der Waals surface area contributed by atoms with E-state index in [9.17, 15) is 40.5 Å². The summed E-state index contributed by atoms with van der Waals surface area (Å²) in [6.07, 6.45) is 48.3. The molecule has 14 nitrogen and oxygen atoms in total. The lowest BCUT2D eigenvalue weighted by Gasteiger charge is -2.42. The van der Waals surface area contributed by atoms with Crippen LogP contribution in [0.5, 0.6) is 0 Å². The molecular weight excluding hydrogens is 957 g/mol. The molecule has 75 heavy (non-hydrogen) atoms. The maximum absolute atomic E-state index is 13.1. The van der Waals surface area contributed by atoms with Crippen molar-refractivity contribution in [1.82, 2.24) is 0 Å². The minimum absolute atomic E-state index is 0.0248. The van der Waals surface area contributed by atoms with Gasteiger partial charge in [-0.15, -0.1) is 0 Å². The summed E-state index contributed by atoms with van der Waals surface area (Å²) < 4.78 is 34.3. The Kier molecular flexibility index (Phi) is 41.8. The van der Waals surface area contributed by atoms with Crippen LogP contribution in [0.1, 0.15) is 155 Å². The second kappa shape index (κ2) is 46.5. The molecule has 0 aromatic rings. The topological polar surface area (TPSA) is 214 Å². The van der Waals surface area contributed by atoms with E-state index in [0.717, 1.165) is 128 Å². The van der Waals surface area contributed by atoms with Crippen LogP contribution in [0.4, 0.5) is 0 Å². The predicted molar refractivity (Wildman–Crippen MR) is 297 cm³/mol. The van der Waals surface area contributed by atoms with Crippen LogP contribution in [0, 0.1) is 0 Å². The first-order valence-electron chi connectivity index (χ1n) is 28.1. The molecular formula is C61H98O14. The van der Waals surface area contributed by atoms with Crippen LogP contribution >= 0.6 is 0 Å². The molecule has 0 amide bonds. The number of hydrogen-bond acceptors (Lipinski definition) is 14. The van der Waals surface area contributed by atoms with E-state index in [-0.39, 0.29) is 19.6 Å². The average molecular weight is 1060 g/mol. The lowest BCUT2D eigenvalue weighted by atomic mass is 9.98. The molecule has 0 radical (unpaired) electrons. The first-order valence-corrected chi connectivity index (χ1v) is 28.1. The first kappa shape index (κ1) is 67.5. The molecule has 2 aliphatic heterocycles. The minimum Gasteiger partial charge on any atom is -0.457 e. The summed E-state index contributed by atoms with van der Waals surface area (Å²) in [5.41, 5.74) is 0. The first-order chi connectivity index (χ1) is 36.6. The highest BCUT2D eigenvalue weighted by Gasteiger charge is 2.47. The third kappa shape index (κ3) is 33.3. The fourth-order valence-corrected chi connectivity index (χ4v) is 7.98. The molecule has 2 rings (SSSR count). The largest absolute Gasteiger partial charge is 0.457 e. The Morgan fingerprint density at radius 1 is 0.440 bits per heavy atom. The minimum atomic E-state index is -1.72. The smallest absolute Gasteiger partial charge is 0.306 e. The Morgan fingerprint density at radius 3 is 1.29 bits per heavy atom. The molecule has 0 aromatic heterocycles. The molecule has 2 aliphatic rings. The standard InChI is InChI=1S/C61H98O14/c1-3-5-7-9-11-13-15-17-19-21-22-23-24-25-26-27-28-29-30-32-34-36-38-40-42-44-53(63)73-50(47-70-45-43-41-39-37-35-33-31-20-18-16-14-12-10-8-6-4-2)48-71-60-59(69)57(67)55(65)52(75-60)49-72-61-58(68)56(66)54(64)51(46-62)74-61/h5-8,11-14,17-20,22-23,25-26,28-29,33,35,50-52,54-62,64-69H,3-4,9-10,15-16,21,24,27,30-32,34,36-49H2,1-2H3/b7-5-,8-6-,13-11-,14-12-,19-17-,20-18-,23-22-,26-25-,29-28-,35-33-. The van der Waals surface area contributed by atoms with Crippen molar-refractivity contribution in [2.24, 2.45) is 0 Å². The van der Waals surface area contributed by atoms with Gasteiger partial charge >= 0.3 is 5.97 Å². The zero-order valence-corrected chi connectivity index (χ0v) is 45.5. The maximum Gasteiger partial charge on any atom is 0.306 e. The highest BCUT2D eigenvalue weighted by molar-refractivity contribution is 5.69. The van der Waals surface area contributed by atoms with E-state index < -0.39 is 86.7 Å².